The first kappa shape index (κ1) is 17.9. The third-order valence-corrected chi connectivity index (χ3v) is 5.78. The van der Waals surface area contributed by atoms with Crippen molar-refractivity contribution < 1.29 is 9.53 Å². The average Bonchev–Trinajstić information content (AvgIpc) is 3.26. The summed E-state index contributed by atoms with van der Waals surface area (Å²) in [7, 11) is 0. The summed E-state index contributed by atoms with van der Waals surface area (Å²) in [5, 5.41) is 0. The van der Waals surface area contributed by atoms with Crippen molar-refractivity contribution in [3.05, 3.63) is 77.9 Å². The van der Waals surface area contributed by atoms with E-state index in [-0.39, 0.29) is 11.9 Å². The lowest BCUT2D eigenvalue weighted by atomic mass is 9.95. The number of aromatic amines is 1. The molecule has 0 fully saturated rings. The highest BCUT2D eigenvalue weighted by molar-refractivity contribution is 5.95. The van der Waals surface area contributed by atoms with Gasteiger partial charge in [-0.3, -0.25) is 9.69 Å². The number of amides is 1. The van der Waals surface area contributed by atoms with Gasteiger partial charge in [-0.1, -0.05) is 42.5 Å². The first-order valence-corrected chi connectivity index (χ1v) is 10.1. The van der Waals surface area contributed by atoms with E-state index in [1.165, 1.54) is 11.3 Å². The number of fused-ring (bicyclic) bond motifs is 2. The molecule has 1 unspecified atom stereocenters. The second-order valence-corrected chi connectivity index (χ2v) is 7.48. The minimum atomic E-state index is 0.0796. The Morgan fingerprint density at radius 3 is 2.83 bits per heavy atom. The van der Waals surface area contributed by atoms with Gasteiger partial charge in [0.1, 0.15) is 12.4 Å². The molecule has 1 atom stereocenters. The molecule has 0 aliphatic carbocycles. The van der Waals surface area contributed by atoms with E-state index in [4.69, 9.17) is 4.74 Å². The fraction of sp³-hybridized carbons (Fsp3) is 0.304. The van der Waals surface area contributed by atoms with Gasteiger partial charge in [0.15, 0.2) is 0 Å². The zero-order valence-electron chi connectivity index (χ0n) is 16.3. The van der Waals surface area contributed by atoms with E-state index in [0.717, 1.165) is 30.1 Å². The van der Waals surface area contributed by atoms with Crippen LogP contribution in [-0.2, 0) is 11.2 Å². The van der Waals surface area contributed by atoms with E-state index in [1.54, 1.807) is 6.33 Å². The van der Waals surface area contributed by atoms with Gasteiger partial charge in [-0.05, 0) is 17.7 Å². The number of hydrogen-bond donors (Lipinski definition) is 1. The van der Waals surface area contributed by atoms with Gasteiger partial charge in [0.05, 0.1) is 30.3 Å². The van der Waals surface area contributed by atoms with Crippen LogP contribution in [0.1, 0.15) is 29.4 Å². The number of rotatable bonds is 4. The standard InChI is InChI=1S/C23H24N4O2/c28-21(27-14-15-29-20-9-5-4-8-19(20)27)11-13-26-12-10-18-22(25-16-24-18)23(26)17-6-2-1-3-7-17/h1-9,16,23H,10-15H2,(H,24,25). The van der Waals surface area contributed by atoms with E-state index in [0.29, 0.717) is 26.1 Å². The minimum Gasteiger partial charge on any atom is -0.490 e. The van der Waals surface area contributed by atoms with E-state index in [1.807, 2.05) is 35.2 Å². The van der Waals surface area contributed by atoms with E-state index >= 15 is 0 Å². The number of anilines is 1. The van der Waals surface area contributed by atoms with Gasteiger partial charge in [0.25, 0.3) is 0 Å². The number of H-pyrrole nitrogens is 1. The first-order chi connectivity index (χ1) is 14.3. The predicted molar refractivity (Wildman–Crippen MR) is 111 cm³/mol. The summed E-state index contributed by atoms with van der Waals surface area (Å²) in [6.45, 7) is 2.74. The summed E-state index contributed by atoms with van der Waals surface area (Å²) < 4.78 is 5.69. The smallest absolute Gasteiger partial charge is 0.228 e. The van der Waals surface area contributed by atoms with Crippen molar-refractivity contribution in [1.82, 2.24) is 14.9 Å². The van der Waals surface area contributed by atoms with Gasteiger partial charge >= 0.3 is 0 Å². The molecule has 148 valence electrons. The molecule has 1 aromatic heterocycles. The molecular formula is C23H24N4O2. The molecule has 2 aromatic carbocycles. The van der Waals surface area contributed by atoms with Crippen molar-refractivity contribution in [2.45, 2.75) is 18.9 Å². The number of benzene rings is 2. The van der Waals surface area contributed by atoms with Crippen LogP contribution in [0.2, 0.25) is 0 Å². The zero-order chi connectivity index (χ0) is 19.6. The molecule has 0 saturated heterocycles. The summed E-state index contributed by atoms with van der Waals surface area (Å²) in [5.74, 6) is 0.925. The Balaban J connectivity index is 1.34. The number of para-hydroxylation sites is 2. The van der Waals surface area contributed by atoms with Gasteiger partial charge < -0.3 is 14.6 Å². The molecule has 6 heteroatoms. The zero-order valence-corrected chi connectivity index (χ0v) is 16.3. The quantitative estimate of drug-likeness (QED) is 0.746. The fourth-order valence-corrected chi connectivity index (χ4v) is 4.37. The number of aromatic nitrogens is 2. The maximum atomic E-state index is 13.1. The Bertz CT molecular complexity index is 1000. The van der Waals surface area contributed by atoms with Crippen molar-refractivity contribution in [1.29, 1.82) is 0 Å². The second kappa shape index (κ2) is 7.72. The van der Waals surface area contributed by atoms with Gasteiger partial charge in [0, 0.05) is 31.6 Å². The molecule has 2 aliphatic rings. The van der Waals surface area contributed by atoms with Crippen molar-refractivity contribution in [3.8, 4) is 5.75 Å². The molecule has 1 N–H and O–H groups in total. The Kier molecular flexibility index (Phi) is 4.77. The highest BCUT2D eigenvalue weighted by Gasteiger charge is 2.32. The van der Waals surface area contributed by atoms with Crippen molar-refractivity contribution in [2.75, 3.05) is 31.1 Å². The number of ether oxygens (including phenoxy) is 1. The highest BCUT2D eigenvalue weighted by Crippen LogP contribution is 2.34. The number of imidazole rings is 1. The van der Waals surface area contributed by atoms with Crippen LogP contribution in [0, 0.1) is 0 Å². The molecule has 3 heterocycles. The molecule has 0 spiro atoms. The Hall–Kier alpha value is -3.12. The maximum absolute atomic E-state index is 13.1. The van der Waals surface area contributed by atoms with E-state index < -0.39 is 0 Å². The number of hydrogen-bond acceptors (Lipinski definition) is 4. The Morgan fingerprint density at radius 1 is 1.10 bits per heavy atom. The third-order valence-electron chi connectivity index (χ3n) is 5.78. The number of carbonyl (C=O) groups excluding carboxylic acids is 1. The van der Waals surface area contributed by atoms with Crippen molar-refractivity contribution in [2.24, 2.45) is 0 Å². The van der Waals surface area contributed by atoms with Crippen molar-refractivity contribution >= 4 is 11.6 Å². The average molecular weight is 388 g/mol. The van der Waals surface area contributed by atoms with Crippen LogP contribution in [0.15, 0.2) is 60.9 Å². The van der Waals surface area contributed by atoms with Crippen LogP contribution < -0.4 is 9.64 Å². The molecule has 3 aromatic rings. The molecule has 1 amide bonds. The molecule has 5 rings (SSSR count). The predicted octanol–water partition coefficient (Wildman–Crippen LogP) is 3.17. The van der Waals surface area contributed by atoms with Crippen LogP contribution >= 0.6 is 0 Å². The highest BCUT2D eigenvalue weighted by atomic mass is 16.5. The SMILES string of the molecule is O=C(CCN1CCc2[nH]cnc2C1c1ccccc1)N1CCOc2ccccc21. The number of nitrogens with one attached hydrogen (secondary N) is 1. The van der Waals surface area contributed by atoms with Crippen LogP contribution in [0.3, 0.4) is 0 Å². The summed E-state index contributed by atoms with van der Waals surface area (Å²) in [5.41, 5.74) is 4.36. The molecule has 0 saturated carbocycles. The Labute approximate surface area is 170 Å². The van der Waals surface area contributed by atoms with E-state index in [9.17, 15) is 4.79 Å². The summed E-state index contributed by atoms with van der Waals surface area (Å²) in [4.78, 5) is 25.2. The Morgan fingerprint density at radius 2 is 1.93 bits per heavy atom. The monoisotopic (exact) mass is 388 g/mol. The van der Waals surface area contributed by atoms with Gasteiger partial charge in [0.2, 0.25) is 5.91 Å². The molecule has 6 nitrogen and oxygen atoms in total. The van der Waals surface area contributed by atoms with Gasteiger partial charge in [-0.25, -0.2) is 4.98 Å². The minimum absolute atomic E-state index is 0.0796. The second-order valence-electron chi connectivity index (χ2n) is 7.48. The van der Waals surface area contributed by atoms with Crippen LogP contribution in [-0.4, -0.2) is 47.0 Å². The summed E-state index contributed by atoms with van der Waals surface area (Å²) in [6, 6.07) is 18.3. The molecule has 0 radical (unpaired) electrons. The maximum Gasteiger partial charge on any atom is 0.228 e. The molecular weight excluding hydrogens is 364 g/mol. The molecule has 2 aliphatic heterocycles. The topological polar surface area (TPSA) is 61.5 Å². The summed E-state index contributed by atoms with van der Waals surface area (Å²) >= 11 is 0. The van der Waals surface area contributed by atoms with E-state index in [2.05, 4.69) is 39.1 Å². The van der Waals surface area contributed by atoms with Crippen LogP contribution in [0.25, 0.3) is 0 Å². The van der Waals surface area contributed by atoms with Gasteiger partial charge in [-0.15, -0.1) is 0 Å². The largest absolute Gasteiger partial charge is 0.490 e. The molecule has 29 heavy (non-hydrogen) atoms. The first-order valence-electron chi connectivity index (χ1n) is 10.1. The normalized spacial score (nSPS) is 18.6. The van der Waals surface area contributed by atoms with Gasteiger partial charge in [-0.2, -0.15) is 0 Å². The number of nitrogens with zero attached hydrogens (tertiary/aromatic N) is 3. The number of carbonyl (C=O) groups is 1. The summed E-state index contributed by atoms with van der Waals surface area (Å²) in [6.07, 6.45) is 3.17. The van der Waals surface area contributed by atoms with Crippen molar-refractivity contribution in [3.63, 3.8) is 0 Å². The van der Waals surface area contributed by atoms with Crippen LogP contribution in [0.5, 0.6) is 5.75 Å². The molecule has 0 bridgehead atoms. The lowest BCUT2D eigenvalue weighted by Crippen LogP contribution is -2.42. The lowest BCUT2D eigenvalue weighted by molar-refractivity contribution is -0.119. The third kappa shape index (κ3) is 3.40. The lowest BCUT2D eigenvalue weighted by Gasteiger charge is -2.36. The fourth-order valence-electron chi connectivity index (χ4n) is 4.37. The van der Waals surface area contributed by atoms with Crippen LogP contribution in [0.4, 0.5) is 5.69 Å².